The lowest BCUT2D eigenvalue weighted by Crippen LogP contribution is -2.38. The fourth-order valence-electron chi connectivity index (χ4n) is 2.91. The molecule has 162 valence electrons. The van der Waals surface area contributed by atoms with Crippen LogP contribution in [0.15, 0.2) is 71.6 Å². The van der Waals surface area contributed by atoms with E-state index in [1.165, 1.54) is 13.2 Å². The average molecular weight is 463 g/mol. The van der Waals surface area contributed by atoms with Crippen LogP contribution in [0.25, 0.3) is 0 Å². The van der Waals surface area contributed by atoms with Crippen LogP contribution >= 0.6 is 11.6 Å². The van der Waals surface area contributed by atoms with Crippen LogP contribution in [-0.4, -0.2) is 28.0 Å². The van der Waals surface area contributed by atoms with E-state index >= 15 is 0 Å². The molecule has 31 heavy (non-hydrogen) atoms. The minimum absolute atomic E-state index is 0.166. The van der Waals surface area contributed by atoms with Gasteiger partial charge in [-0.25, -0.2) is 12.8 Å². The first kappa shape index (κ1) is 22.6. The number of carbonyl (C=O) groups is 1. The van der Waals surface area contributed by atoms with Crippen molar-refractivity contribution < 1.29 is 22.3 Å². The number of benzene rings is 3. The molecule has 0 radical (unpaired) electrons. The van der Waals surface area contributed by atoms with Crippen molar-refractivity contribution in [3.63, 3.8) is 0 Å². The van der Waals surface area contributed by atoms with Gasteiger partial charge >= 0.3 is 0 Å². The van der Waals surface area contributed by atoms with Gasteiger partial charge in [-0.1, -0.05) is 29.8 Å². The van der Waals surface area contributed by atoms with Crippen LogP contribution in [0.3, 0.4) is 0 Å². The Morgan fingerprint density at radius 1 is 1.10 bits per heavy atom. The number of ether oxygens (including phenoxy) is 1. The first-order chi connectivity index (χ1) is 14.7. The van der Waals surface area contributed by atoms with E-state index in [2.05, 4.69) is 5.32 Å². The highest BCUT2D eigenvalue weighted by Crippen LogP contribution is 2.32. The van der Waals surface area contributed by atoms with Crippen LogP contribution < -0.4 is 14.4 Å². The third-order valence-electron chi connectivity index (χ3n) is 4.44. The number of halogens is 2. The van der Waals surface area contributed by atoms with Crippen molar-refractivity contribution in [2.24, 2.45) is 0 Å². The molecule has 3 aromatic carbocycles. The molecule has 3 rings (SSSR count). The van der Waals surface area contributed by atoms with Crippen LogP contribution in [0.4, 0.5) is 15.8 Å². The van der Waals surface area contributed by atoms with E-state index < -0.39 is 28.3 Å². The molecule has 0 spiro atoms. The summed E-state index contributed by atoms with van der Waals surface area (Å²) >= 11 is 6.17. The number of rotatable bonds is 7. The summed E-state index contributed by atoms with van der Waals surface area (Å²) in [6.07, 6.45) is 0. The Morgan fingerprint density at radius 2 is 1.77 bits per heavy atom. The van der Waals surface area contributed by atoms with E-state index in [9.17, 15) is 17.6 Å². The predicted molar refractivity (Wildman–Crippen MR) is 119 cm³/mol. The van der Waals surface area contributed by atoms with Crippen LogP contribution in [0.1, 0.15) is 5.56 Å². The molecule has 1 amide bonds. The maximum Gasteiger partial charge on any atom is 0.264 e. The van der Waals surface area contributed by atoms with Crippen LogP contribution in [0.2, 0.25) is 5.02 Å². The maximum absolute atomic E-state index is 13.4. The minimum atomic E-state index is -4.21. The molecule has 0 aromatic heterocycles. The fourth-order valence-corrected chi connectivity index (χ4v) is 4.62. The Balaban J connectivity index is 1.99. The standard InChI is InChI=1S/C22H20ClFN2O4S/c1-15-7-12-19(18(23)13-15)25-22(27)14-26(20-5-3-4-6-21(20)30-2)31(28,29)17-10-8-16(24)9-11-17/h3-13H,14H2,1-2H3,(H,25,27). The van der Waals surface area contributed by atoms with E-state index in [1.54, 1.807) is 36.4 Å². The SMILES string of the molecule is COc1ccccc1N(CC(=O)Nc1ccc(C)cc1Cl)S(=O)(=O)c1ccc(F)cc1. The van der Waals surface area contributed by atoms with Crippen molar-refractivity contribution in [2.75, 3.05) is 23.3 Å². The van der Waals surface area contributed by atoms with Crippen molar-refractivity contribution in [3.05, 3.63) is 83.1 Å². The fraction of sp³-hybridized carbons (Fsp3) is 0.136. The molecule has 9 heteroatoms. The molecule has 0 saturated heterocycles. The Labute approximate surface area is 185 Å². The first-order valence-electron chi connectivity index (χ1n) is 9.19. The molecule has 0 saturated carbocycles. The normalized spacial score (nSPS) is 11.1. The zero-order chi connectivity index (χ0) is 22.6. The minimum Gasteiger partial charge on any atom is -0.495 e. The van der Waals surface area contributed by atoms with Gasteiger partial charge in [-0.2, -0.15) is 0 Å². The number of hydrogen-bond donors (Lipinski definition) is 1. The molecule has 0 aliphatic heterocycles. The summed E-state index contributed by atoms with van der Waals surface area (Å²) in [7, 11) is -2.82. The highest BCUT2D eigenvalue weighted by molar-refractivity contribution is 7.92. The Hall–Kier alpha value is -3.10. The molecule has 0 aliphatic carbocycles. The van der Waals surface area contributed by atoms with Gasteiger partial charge in [-0.15, -0.1) is 0 Å². The number of amides is 1. The largest absolute Gasteiger partial charge is 0.495 e. The van der Waals surface area contributed by atoms with Gasteiger partial charge in [0.15, 0.2) is 0 Å². The third kappa shape index (κ3) is 5.15. The number of hydrogen-bond acceptors (Lipinski definition) is 4. The highest BCUT2D eigenvalue weighted by Gasteiger charge is 2.29. The van der Waals surface area contributed by atoms with Gasteiger partial charge in [0.05, 0.1) is 28.4 Å². The Bertz CT molecular complexity index is 1200. The van der Waals surface area contributed by atoms with Gasteiger partial charge in [0.25, 0.3) is 10.0 Å². The van der Waals surface area contributed by atoms with Gasteiger partial charge < -0.3 is 10.1 Å². The Morgan fingerprint density at radius 3 is 2.42 bits per heavy atom. The average Bonchev–Trinajstić information content (AvgIpc) is 2.74. The summed E-state index contributed by atoms with van der Waals surface area (Å²) < 4.78 is 46.2. The second-order valence-electron chi connectivity index (χ2n) is 6.67. The molecule has 0 bridgehead atoms. The van der Waals surface area contributed by atoms with Crippen molar-refractivity contribution in [1.29, 1.82) is 0 Å². The number of para-hydroxylation sites is 2. The number of aryl methyl sites for hydroxylation is 1. The van der Waals surface area contributed by atoms with E-state index in [0.29, 0.717) is 10.7 Å². The molecule has 3 aromatic rings. The van der Waals surface area contributed by atoms with Crippen molar-refractivity contribution in [2.45, 2.75) is 11.8 Å². The second-order valence-corrected chi connectivity index (χ2v) is 8.94. The molecule has 1 N–H and O–H groups in total. The Kier molecular flexibility index (Phi) is 6.82. The van der Waals surface area contributed by atoms with E-state index in [4.69, 9.17) is 16.3 Å². The number of nitrogens with one attached hydrogen (secondary N) is 1. The molecule has 6 nitrogen and oxygen atoms in total. The summed E-state index contributed by atoms with van der Waals surface area (Å²) in [6.45, 7) is 1.31. The van der Waals surface area contributed by atoms with E-state index in [-0.39, 0.29) is 16.3 Å². The number of carbonyl (C=O) groups excluding carboxylic acids is 1. The monoisotopic (exact) mass is 462 g/mol. The quantitative estimate of drug-likeness (QED) is 0.555. The zero-order valence-corrected chi connectivity index (χ0v) is 18.4. The molecule has 0 atom stereocenters. The lowest BCUT2D eigenvalue weighted by Gasteiger charge is -2.25. The summed E-state index contributed by atoms with van der Waals surface area (Å²) in [5.41, 5.74) is 1.44. The number of anilines is 2. The highest BCUT2D eigenvalue weighted by atomic mass is 35.5. The van der Waals surface area contributed by atoms with E-state index in [1.807, 2.05) is 6.92 Å². The molecular formula is C22H20ClFN2O4S. The second kappa shape index (κ2) is 9.36. The number of methoxy groups -OCH3 is 1. The summed E-state index contributed by atoms with van der Waals surface area (Å²) in [5.74, 6) is -0.925. The summed E-state index contributed by atoms with van der Waals surface area (Å²) in [6, 6.07) is 15.9. The van der Waals surface area contributed by atoms with Crippen LogP contribution in [0, 0.1) is 12.7 Å². The number of nitrogens with zero attached hydrogens (tertiary/aromatic N) is 1. The lowest BCUT2D eigenvalue weighted by molar-refractivity contribution is -0.114. The predicted octanol–water partition coefficient (Wildman–Crippen LogP) is 4.63. The van der Waals surface area contributed by atoms with Gasteiger partial charge in [-0.05, 0) is 61.0 Å². The maximum atomic E-state index is 13.4. The first-order valence-corrected chi connectivity index (χ1v) is 11.0. The molecule has 0 unspecified atom stereocenters. The van der Waals surface area contributed by atoms with Gasteiger partial charge in [0.1, 0.15) is 18.1 Å². The summed E-state index contributed by atoms with van der Waals surface area (Å²) in [5, 5.41) is 2.96. The molecule has 0 aliphatic rings. The van der Waals surface area contributed by atoms with Gasteiger partial charge in [0.2, 0.25) is 5.91 Å². The smallest absolute Gasteiger partial charge is 0.264 e. The van der Waals surface area contributed by atoms with Crippen LogP contribution in [-0.2, 0) is 14.8 Å². The zero-order valence-electron chi connectivity index (χ0n) is 16.8. The lowest BCUT2D eigenvalue weighted by atomic mass is 10.2. The number of sulfonamides is 1. The van der Waals surface area contributed by atoms with Crippen molar-refractivity contribution in [3.8, 4) is 5.75 Å². The molecular weight excluding hydrogens is 443 g/mol. The molecule has 0 fully saturated rings. The van der Waals surface area contributed by atoms with E-state index in [0.717, 1.165) is 34.1 Å². The van der Waals surface area contributed by atoms with Gasteiger partial charge in [0, 0.05) is 0 Å². The van der Waals surface area contributed by atoms with Crippen molar-refractivity contribution >= 4 is 38.9 Å². The topological polar surface area (TPSA) is 75.7 Å². The summed E-state index contributed by atoms with van der Waals surface area (Å²) in [4.78, 5) is 12.6. The molecule has 0 heterocycles. The third-order valence-corrected chi connectivity index (χ3v) is 6.53. The van der Waals surface area contributed by atoms with Crippen molar-refractivity contribution in [1.82, 2.24) is 0 Å². The van der Waals surface area contributed by atoms with Crippen LogP contribution in [0.5, 0.6) is 5.75 Å². The van der Waals surface area contributed by atoms with Gasteiger partial charge in [-0.3, -0.25) is 9.10 Å².